The van der Waals surface area contributed by atoms with Crippen LogP contribution in [0, 0.1) is 5.92 Å². The number of amides is 1. The van der Waals surface area contributed by atoms with Gasteiger partial charge in [0.2, 0.25) is 5.91 Å². The number of aromatic nitrogens is 3. The molecule has 1 saturated carbocycles. The summed E-state index contributed by atoms with van der Waals surface area (Å²) in [4.78, 5) is 22.1. The Kier molecular flexibility index (Phi) is 7.83. The fourth-order valence-electron chi connectivity index (χ4n) is 4.28. The van der Waals surface area contributed by atoms with Crippen LogP contribution < -0.4 is 15.4 Å². The fraction of sp³-hybridized carbons (Fsp3) is 0.400. The first-order valence-corrected chi connectivity index (χ1v) is 11.8. The summed E-state index contributed by atoms with van der Waals surface area (Å²) in [6.07, 6.45) is 10.6. The van der Waals surface area contributed by atoms with Gasteiger partial charge in [0.1, 0.15) is 17.7 Å². The molecule has 33 heavy (non-hydrogen) atoms. The standard InChI is InChI=1S/C25H30ClN5O2/c1-33-25-29-22(16-23(30-25)31-13-5-6-14-31)28-21(15-18-7-3-2-4-8-18)24(32)27-17-19-9-11-20(26)12-10-19/h5-6,9-14,16,18,21H,2-4,7-8,15,17H2,1H3,(H,27,32)(H,28,29,30). The zero-order valence-corrected chi connectivity index (χ0v) is 19.6. The average molecular weight is 468 g/mol. The van der Waals surface area contributed by atoms with E-state index in [4.69, 9.17) is 16.3 Å². The highest BCUT2D eigenvalue weighted by Gasteiger charge is 2.25. The van der Waals surface area contributed by atoms with Crippen LogP contribution in [-0.2, 0) is 11.3 Å². The highest BCUT2D eigenvalue weighted by molar-refractivity contribution is 6.30. The quantitative estimate of drug-likeness (QED) is 0.463. The van der Waals surface area contributed by atoms with Crippen molar-refractivity contribution < 1.29 is 9.53 Å². The van der Waals surface area contributed by atoms with Gasteiger partial charge in [-0.15, -0.1) is 0 Å². The highest BCUT2D eigenvalue weighted by Crippen LogP contribution is 2.28. The first kappa shape index (κ1) is 23.1. The molecule has 1 amide bonds. The van der Waals surface area contributed by atoms with Gasteiger partial charge in [0, 0.05) is 30.0 Å². The molecule has 1 aliphatic rings. The summed E-state index contributed by atoms with van der Waals surface area (Å²) in [7, 11) is 1.54. The molecule has 3 aromatic rings. The van der Waals surface area contributed by atoms with Gasteiger partial charge in [-0.25, -0.2) is 0 Å². The lowest BCUT2D eigenvalue weighted by Gasteiger charge is -2.27. The Morgan fingerprint density at radius 3 is 2.58 bits per heavy atom. The fourth-order valence-corrected chi connectivity index (χ4v) is 4.40. The summed E-state index contributed by atoms with van der Waals surface area (Å²) in [6.45, 7) is 0.445. The van der Waals surface area contributed by atoms with Crippen molar-refractivity contribution >= 4 is 23.3 Å². The molecule has 174 valence electrons. The first-order chi connectivity index (χ1) is 16.1. The van der Waals surface area contributed by atoms with E-state index in [1.165, 1.54) is 26.4 Å². The average Bonchev–Trinajstić information content (AvgIpc) is 3.39. The summed E-state index contributed by atoms with van der Waals surface area (Å²) in [5.74, 6) is 1.71. The molecular formula is C25H30ClN5O2. The second kappa shape index (κ2) is 11.2. The van der Waals surface area contributed by atoms with Crippen LogP contribution in [0.5, 0.6) is 6.01 Å². The Morgan fingerprint density at radius 1 is 1.15 bits per heavy atom. The van der Waals surface area contributed by atoms with Crippen LogP contribution >= 0.6 is 11.6 Å². The lowest BCUT2D eigenvalue weighted by Crippen LogP contribution is -2.41. The molecule has 8 heteroatoms. The summed E-state index contributed by atoms with van der Waals surface area (Å²) >= 11 is 5.98. The Labute approximate surface area is 199 Å². The van der Waals surface area contributed by atoms with Crippen LogP contribution in [0.25, 0.3) is 5.82 Å². The maximum absolute atomic E-state index is 13.3. The molecule has 1 atom stereocenters. The molecule has 1 unspecified atom stereocenters. The monoisotopic (exact) mass is 467 g/mol. The lowest BCUT2D eigenvalue weighted by molar-refractivity contribution is -0.122. The van der Waals surface area contributed by atoms with Crippen LogP contribution in [0.3, 0.4) is 0 Å². The highest BCUT2D eigenvalue weighted by atomic mass is 35.5. The van der Waals surface area contributed by atoms with Crippen LogP contribution in [0.15, 0.2) is 54.9 Å². The minimum Gasteiger partial charge on any atom is -0.467 e. The number of ether oxygens (including phenoxy) is 1. The van der Waals surface area contributed by atoms with Crippen molar-refractivity contribution in [2.75, 3.05) is 12.4 Å². The molecule has 2 N–H and O–H groups in total. The minimum absolute atomic E-state index is 0.0457. The van der Waals surface area contributed by atoms with Gasteiger partial charge in [0.15, 0.2) is 0 Å². The molecule has 0 aliphatic heterocycles. The molecule has 2 aromatic heterocycles. The van der Waals surface area contributed by atoms with Gasteiger partial charge in [-0.3, -0.25) is 4.79 Å². The molecule has 0 radical (unpaired) electrons. The molecule has 1 aromatic carbocycles. The summed E-state index contributed by atoms with van der Waals surface area (Å²) < 4.78 is 7.19. The topological polar surface area (TPSA) is 81.1 Å². The molecule has 1 fully saturated rings. The third kappa shape index (κ3) is 6.48. The van der Waals surface area contributed by atoms with Gasteiger partial charge in [-0.1, -0.05) is 55.8 Å². The number of nitrogens with one attached hydrogen (secondary N) is 2. The number of benzene rings is 1. The summed E-state index contributed by atoms with van der Waals surface area (Å²) in [5, 5.41) is 7.12. The molecule has 0 bridgehead atoms. The van der Waals surface area contributed by atoms with Crippen LogP contribution in [-0.4, -0.2) is 33.6 Å². The van der Waals surface area contributed by atoms with Crippen molar-refractivity contribution in [2.24, 2.45) is 5.92 Å². The maximum atomic E-state index is 13.3. The largest absolute Gasteiger partial charge is 0.467 e. The van der Waals surface area contributed by atoms with Crippen LogP contribution in [0.1, 0.15) is 44.1 Å². The van der Waals surface area contributed by atoms with Crippen molar-refractivity contribution in [3.05, 3.63) is 65.4 Å². The van der Waals surface area contributed by atoms with E-state index in [9.17, 15) is 4.79 Å². The molecule has 0 spiro atoms. The third-order valence-electron chi connectivity index (χ3n) is 6.06. The molecule has 4 rings (SSSR count). The van der Waals surface area contributed by atoms with E-state index < -0.39 is 6.04 Å². The number of methoxy groups -OCH3 is 1. The van der Waals surface area contributed by atoms with E-state index in [1.54, 1.807) is 0 Å². The normalized spacial score (nSPS) is 15.1. The number of carbonyl (C=O) groups excluding carboxylic acids is 1. The Hall–Kier alpha value is -3.06. The van der Waals surface area contributed by atoms with Crippen LogP contribution in [0.4, 0.5) is 5.82 Å². The molecule has 1 aliphatic carbocycles. The Bertz CT molecular complexity index is 1030. The smallest absolute Gasteiger partial charge is 0.320 e. The molecule has 0 saturated heterocycles. The maximum Gasteiger partial charge on any atom is 0.320 e. The lowest BCUT2D eigenvalue weighted by atomic mass is 9.84. The predicted molar refractivity (Wildman–Crippen MR) is 130 cm³/mol. The molecular weight excluding hydrogens is 438 g/mol. The number of nitrogens with zero attached hydrogens (tertiary/aromatic N) is 3. The zero-order valence-electron chi connectivity index (χ0n) is 18.8. The van der Waals surface area contributed by atoms with E-state index in [1.807, 2.05) is 59.4 Å². The Balaban J connectivity index is 1.51. The second-order valence-corrected chi connectivity index (χ2v) is 8.91. The molecule has 2 heterocycles. The minimum atomic E-state index is -0.405. The third-order valence-corrected chi connectivity index (χ3v) is 6.31. The van der Waals surface area contributed by atoms with E-state index in [2.05, 4.69) is 20.6 Å². The van der Waals surface area contributed by atoms with Crippen molar-refractivity contribution in [2.45, 2.75) is 51.1 Å². The number of anilines is 1. The SMILES string of the molecule is COc1nc(NC(CC2CCCCC2)C(=O)NCc2ccc(Cl)cc2)cc(-n2cccc2)n1. The summed E-state index contributed by atoms with van der Waals surface area (Å²) in [5.41, 5.74) is 1.00. The van der Waals surface area contributed by atoms with Crippen LogP contribution in [0.2, 0.25) is 5.02 Å². The number of carbonyl (C=O) groups is 1. The number of halogens is 1. The van der Waals surface area contributed by atoms with E-state index in [0.717, 1.165) is 24.8 Å². The predicted octanol–water partition coefficient (Wildman–Crippen LogP) is 5.00. The van der Waals surface area contributed by atoms with Crippen molar-refractivity contribution in [3.63, 3.8) is 0 Å². The van der Waals surface area contributed by atoms with Gasteiger partial charge in [-0.2, -0.15) is 9.97 Å². The second-order valence-electron chi connectivity index (χ2n) is 8.47. The van der Waals surface area contributed by atoms with E-state index >= 15 is 0 Å². The van der Waals surface area contributed by atoms with Crippen molar-refractivity contribution in [1.29, 1.82) is 0 Å². The van der Waals surface area contributed by atoms with Gasteiger partial charge >= 0.3 is 6.01 Å². The zero-order chi connectivity index (χ0) is 23.0. The van der Waals surface area contributed by atoms with Gasteiger partial charge in [0.25, 0.3) is 0 Å². The Morgan fingerprint density at radius 2 is 1.88 bits per heavy atom. The van der Waals surface area contributed by atoms with Gasteiger partial charge in [-0.05, 0) is 42.2 Å². The molecule has 7 nitrogen and oxygen atoms in total. The first-order valence-electron chi connectivity index (χ1n) is 11.5. The number of hydrogen-bond acceptors (Lipinski definition) is 5. The van der Waals surface area contributed by atoms with E-state index in [0.29, 0.717) is 29.1 Å². The van der Waals surface area contributed by atoms with Gasteiger partial charge in [0.05, 0.1) is 7.11 Å². The summed E-state index contributed by atoms with van der Waals surface area (Å²) in [6, 6.07) is 13.0. The van der Waals surface area contributed by atoms with Crippen molar-refractivity contribution in [3.8, 4) is 11.8 Å². The number of rotatable bonds is 9. The van der Waals surface area contributed by atoms with Gasteiger partial charge < -0.3 is 19.9 Å². The number of hydrogen-bond donors (Lipinski definition) is 2. The van der Waals surface area contributed by atoms with Crippen molar-refractivity contribution in [1.82, 2.24) is 19.9 Å². The van der Waals surface area contributed by atoms with E-state index in [-0.39, 0.29) is 11.9 Å².